The molecule has 6 heteroatoms. The van der Waals surface area contributed by atoms with Gasteiger partial charge in [-0.15, -0.1) is 0 Å². The van der Waals surface area contributed by atoms with E-state index in [1.54, 1.807) is 7.11 Å². The van der Waals surface area contributed by atoms with Gasteiger partial charge in [-0.1, -0.05) is 44.2 Å². The van der Waals surface area contributed by atoms with Crippen molar-refractivity contribution in [3.63, 3.8) is 0 Å². The number of ether oxygens (including phenoxy) is 4. The molecular formula is C33H38ClNO4. The predicted molar refractivity (Wildman–Crippen MR) is 149 cm³/mol. The molecule has 0 aromatic heterocycles. The molecule has 206 valence electrons. The third-order valence-electron chi connectivity index (χ3n) is 7.81. The summed E-state index contributed by atoms with van der Waals surface area (Å²) in [6.07, 6.45) is 8.23. The van der Waals surface area contributed by atoms with Crippen LogP contribution in [0.5, 0.6) is 11.5 Å². The van der Waals surface area contributed by atoms with Crippen LogP contribution in [-0.4, -0.2) is 32.2 Å². The van der Waals surface area contributed by atoms with Gasteiger partial charge < -0.3 is 31.4 Å². The molecule has 0 spiro atoms. The number of nitrogens with one attached hydrogen (secondary N) is 1. The minimum Gasteiger partial charge on any atom is -1.00 e. The summed E-state index contributed by atoms with van der Waals surface area (Å²) in [6, 6.07) is 13.5. The summed E-state index contributed by atoms with van der Waals surface area (Å²) in [5.74, 6) is 3.05. The van der Waals surface area contributed by atoms with Gasteiger partial charge in [-0.25, -0.2) is 0 Å². The average Bonchev–Trinajstić information content (AvgIpc) is 3.34. The molecule has 6 rings (SSSR count). The molecule has 0 amide bonds. The number of methoxy groups -OCH3 is 1. The Balaban J connectivity index is 0.00000308. The Morgan fingerprint density at radius 2 is 1.74 bits per heavy atom. The van der Waals surface area contributed by atoms with E-state index >= 15 is 0 Å². The molecule has 2 unspecified atom stereocenters. The number of quaternary nitrogens is 1. The van der Waals surface area contributed by atoms with Crippen LogP contribution in [0.2, 0.25) is 0 Å². The number of halogens is 1. The Morgan fingerprint density at radius 3 is 2.41 bits per heavy atom. The monoisotopic (exact) mass is 547 g/mol. The van der Waals surface area contributed by atoms with Crippen LogP contribution in [0, 0.1) is 0 Å². The lowest BCUT2D eigenvalue weighted by atomic mass is 9.79. The van der Waals surface area contributed by atoms with Crippen molar-refractivity contribution in [1.29, 1.82) is 0 Å². The summed E-state index contributed by atoms with van der Waals surface area (Å²) in [5.41, 5.74) is 10.0. The summed E-state index contributed by atoms with van der Waals surface area (Å²) in [4.78, 5) is 1.36. The number of hydrogen-bond donors (Lipinski definition) is 1. The zero-order valence-corrected chi connectivity index (χ0v) is 24.4. The van der Waals surface area contributed by atoms with Gasteiger partial charge in [-0.3, -0.25) is 4.90 Å². The maximum atomic E-state index is 6.63. The fourth-order valence-electron chi connectivity index (χ4n) is 5.94. The standard InChI is InChI=1S/C33H37NO4.ClH/c1-20(2)22-9-7-21(8-10-22)15-26-24-11-12-28(35-6)32(38-33(3,4)5)27(24)18-34-14-13-23-16-29-30(37-19-36-29)17-25(23)31(26)34;/h7-12,16-18,20,32H,13-15,19H2,1-6H3;1H. The minimum atomic E-state index is -0.315. The van der Waals surface area contributed by atoms with Gasteiger partial charge >= 0.3 is 0 Å². The Labute approximate surface area is 238 Å². The topological polar surface area (TPSA) is 41.4 Å². The molecule has 2 aromatic carbocycles. The van der Waals surface area contributed by atoms with E-state index in [2.05, 4.69) is 89.4 Å². The van der Waals surface area contributed by atoms with Crippen LogP contribution in [0.25, 0.3) is 5.70 Å². The van der Waals surface area contributed by atoms with Gasteiger partial charge in [-0.2, -0.15) is 0 Å². The van der Waals surface area contributed by atoms with Crippen LogP contribution < -0.4 is 26.8 Å². The third kappa shape index (κ3) is 5.16. The second kappa shape index (κ2) is 10.5. The van der Waals surface area contributed by atoms with Crippen molar-refractivity contribution < 1.29 is 36.3 Å². The van der Waals surface area contributed by atoms with E-state index in [9.17, 15) is 0 Å². The van der Waals surface area contributed by atoms with Crippen molar-refractivity contribution in [3.8, 4) is 11.5 Å². The highest BCUT2D eigenvalue weighted by molar-refractivity contribution is 5.77. The second-order valence-corrected chi connectivity index (χ2v) is 11.9. The smallest absolute Gasteiger partial charge is 0.231 e. The highest BCUT2D eigenvalue weighted by atomic mass is 35.5. The van der Waals surface area contributed by atoms with Gasteiger partial charge in [0.05, 0.1) is 19.3 Å². The number of rotatable bonds is 5. The molecule has 3 aliphatic heterocycles. The van der Waals surface area contributed by atoms with Crippen LogP contribution in [-0.2, 0) is 22.3 Å². The summed E-state index contributed by atoms with van der Waals surface area (Å²) in [6.45, 7) is 12.1. The highest BCUT2D eigenvalue weighted by Crippen LogP contribution is 2.43. The molecule has 2 atom stereocenters. The maximum absolute atomic E-state index is 6.63. The zero-order chi connectivity index (χ0) is 26.6. The molecule has 1 N–H and O–H groups in total. The van der Waals surface area contributed by atoms with Crippen molar-refractivity contribution in [2.75, 3.05) is 20.4 Å². The molecule has 0 radical (unpaired) electrons. The van der Waals surface area contributed by atoms with Crippen LogP contribution in [0.15, 0.2) is 77.2 Å². The van der Waals surface area contributed by atoms with Crippen LogP contribution in [0.4, 0.5) is 0 Å². The molecule has 2 aromatic rings. The lowest BCUT2D eigenvalue weighted by Gasteiger charge is -2.38. The SMILES string of the molecule is COC1=CC=C2C(=C[NH+]3CCc4cc5c(cc4C3=C2Cc2ccc(C(C)C)cc2)OCO5)C1OC(C)(C)C.[Cl-]. The number of hydrogen-bond acceptors (Lipinski definition) is 4. The maximum Gasteiger partial charge on any atom is 0.231 e. The Bertz CT molecular complexity index is 1390. The van der Waals surface area contributed by atoms with E-state index in [-0.39, 0.29) is 30.9 Å². The summed E-state index contributed by atoms with van der Waals surface area (Å²) >= 11 is 0. The highest BCUT2D eigenvalue weighted by Gasteiger charge is 2.41. The summed E-state index contributed by atoms with van der Waals surface area (Å²) in [5, 5.41) is 0. The van der Waals surface area contributed by atoms with Crippen molar-refractivity contribution in [2.24, 2.45) is 0 Å². The van der Waals surface area contributed by atoms with Gasteiger partial charge in [0.1, 0.15) is 23.8 Å². The number of allylic oxidation sites excluding steroid dienone is 3. The normalized spacial score (nSPS) is 21.3. The van der Waals surface area contributed by atoms with E-state index in [1.165, 1.54) is 49.6 Å². The van der Waals surface area contributed by atoms with E-state index in [4.69, 9.17) is 18.9 Å². The van der Waals surface area contributed by atoms with E-state index in [0.717, 1.165) is 36.6 Å². The minimum absolute atomic E-state index is 0. The Morgan fingerprint density at radius 1 is 1.03 bits per heavy atom. The lowest BCUT2D eigenvalue weighted by molar-refractivity contribution is -0.771. The molecule has 0 saturated carbocycles. The molecule has 0 fully saturated rings. The van der Waals surface area contributed by atoms with Crippen LogP contribution in [0.3, 0.4) is 0 Å². The van der Waals surface area contributed by atoms with Crippen molar-refractivity contribution in [3.05, 3.63) is 99.5 Å². The van der Waals surface area contributed by atoms with Crippen LogP contribution >= 0.6 is 0 Å². The van der Waals surface area contributed by atoms with Gasteiger partial charge in [0, 0.05) is 29.6 Å². The molecule has 0 bridgehead atoms. The number of fused-ring (bicyclic) bond motifs is 5. The molecule has 5 nitrogen and oxygen atoms in total. The molecular weight excluding hydrogens is 510 g/mol. The Kier molecular flexibility index (Phi) is 7.45. The van der Waals surface area contributed by atoms with Gasteiger partial charge in [0.15, 0.2) is 11.5 Å². The van der Waals surface area contributed by atoms with Gasteiger partial charge in [-0.05, 0) is 67.2 Å². The first-order valence-corrected chi connectivity index (χ1v) is 13.7. The second-order valence-electron chi connectivity index (χ2n) is 11.9. The fourth-order valence-corrected chi connectivity index (χ4v) is 5.94. The first-order valence-electron chi connectivity index (χ1n) is 13.7. The van der Waals surface area contributed by atoms with Crippen molar-refractivity contribution in [1.82, 2.24) is 0 Å². The Hall–Kier alpha value is -2.99. The van der Waals surface area contributed by atoms with E-state index in [0.29, 0.717) is 5.92 Å². The number of benzene rings is 2. The summed E-state index contributed by atoms with van der Waals surface area (Å²) < 4.78 is 24.0. The first kappa shape index (κ1) is 27.6. The van der Waals surface area contributed by atoms with Crippen LogP contribution in [0.1, 0.15) is 62.8 Å². The largest absolute Gasteiger partial charge is 1.00 e. The molecule has 1 aliphatic carbocycles. The molecule has 4 aliphatic rings. The van der Waals surface area contributed by atoms with Gasteiger partial charge in [0.25, 0.3) is 0 Å². The fraction of sp³-hybridized carbons (Fsp3) is 0.394. The van der Waals surface area contributed by atoms with Crippen molar-refractivity contribution >= 4 is 5.70 Å². The van der Waals surface area contributed by atoms with E-state index < -0.39 is 0 Å². The first-order chi connectivity index (χ1) is 18.2. The molecule has 39 heavy (non-hydrogen) atoms. The average molecular weight is 548 g/mol. The lowest BCUT2D eigenvalue weighted by Crippen LogP contribution is -3.06. The predicted octanol–water partition coefficient (Wildman–Crippen LogP) is 2.49. The molecule has 0 saturated heterocycles. The van der Waals surface area contributed by atoms with E-state index in [1.807, 2.05) is 0 Å². The van der Waals surface area contributed by atoms with Gasteiger partial charge in [0.2, 0.25) is 6.79 Å². The summed E-state index contributed by atoms with van der Waals surface area (Å²) in [7, 11) is 1.73. The molecule has 3 heterocycles. The third-order valence-corrected chi connectivity index (χ3v) is 7.81. The zero-order valence-electron chi connectivity index (χ0n) is 23.7. The quantitative estimate of drug-likeness (QED) is 0.624. The van der Waals surface area contributed by atoms with Crippen molar-refractivity contribution in [2.45, 2.75) is 65.1 Å².